The van der Waals surface area contributed by atoms with Gasteiger partial charge in [-0.3, -0.25) is 4.98 Å². The van der Waals surface area contributed by atoms with Crippen molar-refractivity contribution in [1.82, 2.24) is 9.97 Å². The van der Waals surface area contributed by atoms with Crippen molar-refractivity contribution in [3.8, 4) is 11.3 Å². The lowest BCUT2D eigenvalue weighted by atomic mass is 10.1. The van der Waals surface area contributed by atoms with Gasteiger partial charge in [-0.1, -0.05) is 18.2 Å². The lowest BCUT2D eigenvalue weighted by molar-refractivity contribution is 1.26. The third-order valence-electron chi connectivity index (χ3n) is 2.99. The van der Waals surface area contributed by atoms with Gasteiger partial charge in [0.15, 0.2) is 0 Å². The van der Waals surface area contributed by atoms with Gasteiger partial charge >= 0.3 is 0 Å². The van der Waals surface area contributed by atoms with Gasteiger partial charge in [0.2, 0.25) is 0 Å². The molecule has 3 rings (SSSR count). The number of aromatic nitrogens is 2. The highest BCUT2D eigenvalue weighted by Gasteiger charge is 2.06. The Kier molecular flexibility index (Phi) is 2.84. The van der Waals surface area contributed by atoms with E-state index in [1.165, 1.54) is 5.56 Å². The Morgan fingerprint density at radius 2 is 1.94 bits per heavy atom. The number of rotatable bonds is 1. The van der Waals surface area contributed by atoms with Gasteiger partial charge in [-0.25, -0.2) is 4.98 Å². The molecule has 0 radical (unpaired) electrons. The Morgan fingerprint density at radius 1 is 1.06 bits per heavy atom. The van der Waals surface area contributed by atoms with Gasteiger partial charge in [0.25, 0.3) is 0 Å². The fraction of sp³-hybridized carbons (Fsp3) is 0.0667. The maximum atomic E-state index is 4.72. The molecule has 0 unspecified atom stereocenters. The van der Waals surface area contributed by atoms with E-state index in [1.807, 2.05) is 30.5 Å². The van der Waals surface area contributed by atoms with Crippen molar-refractivity contribution in [3.63, 3.8) is 0 Å². The lowest BCUT2D eigenvalue weighted by Gasteiger charge is -2.06. The number of aryl methyl sites for hydroxylation is 1. The summed E-state index contributed by atoms with van der Waals surface area (Å²) >= 11 is 3.54. The normalized spacial score (nSPS) is 10.8. The number of hydrogen-bond acceptors (Lipinski definition) is 2. The van der Waals surface area contributed by atoms with E-state index in [0.29, 0.717) is 0 Å². The molecule has 0 N–H and O–H groups in total. The summed E-state index contributed by atoms with van der Waals surface area (Å²) in [5.74, 6) is 0. The van der Waals surface area contributed by atoms with Gasteiger partial charge in [0.1, 0.15) is 0 Å². The first-order valence-corrected chi connectivity index (χ1v) is 6.51. The van der Waals surface area contributed by atoms with Crippen molar-refractivity contribution in [2.45, 2.75) is 6.92 Å². The molecule has 88 valence electrons. The number of benzene rings is 1. The molecule has 18 heavy (non-hydrogen) atoms. The molecule has 0 amide bonds. The van der Waals surface area contributed by atoms with Gasteiger partial charge in [0, 0.05) is 27.8 Å². The molecule has 2 heterocycles. The standard InChI is InChI=1S/C15H11BrN2/c1-10-7-8-17-9-12(10)14-6-5-11-3-2-4-13(16)15(11)18-14/h2-9H,1H3. The number of fused-ring (bicyclic) bond motifs is 1. The Hall–Kier alpha value is -1.74. The summed E-state index contributed by atoms with van der Waals surface area (Å²) in [6.45, 7) is 2.07. The molecular formula is C15H11BrN2. The lowest BCUT2D eigenvalue weighted by Crippen LogP contribution is -1.89. The first-order chi connectivity index (χ1) is 8.75. The zero-order chi connectivity index (χ0) is 12.5. The summed E-state index contributed by atoms with van der Waals surface area (Å²) in [6.07, 6.45) is 3.66. The van der Waals surface area contributed by atoms with Crippen molar-refractivity contribution >= 4 is 26.8 Å². The van der Waals surface area contributed by atoms with Crippen molar-refractivity contribution in [3.05, 3.63) is 58.8 Å². The van der Waals surface area contributed by atoms with Crippen LogP contribution in [0.2, 0.25) is 0 Å². The molecule has 0 aliphatic carbocycles. The minimum Gasteiger partial charge on any atom is -0.264 e. The van der Waals surface area contributed by atoms with Gasteiger partial charge in [-0.15, -0.1) is 0 Å². The number of hydrogen-bond donors (Lipinski definition) is 0. The number of para-hydroxylation sites is 1. The maximum Gasteiger partial charge on any atom is 0.0851 e. The minimum absolute atomic E-state index is 0.958. The zero-order valence-electron chi connectivity index (χ0n) is 9.89. The summed E-state index contributed by atoms with van der Waals surface area (Å²) in [7, 11) is 0. The summed E-state index contributed by atoms with van der Waals surface area (Å²) in [4.78, 5) is 8.89. The highest BCUT2D eigenvalue weighted by molar-refractivity contribution is 9.10. The fourth-order valence-electron chi connectivity index (χ4n) is 1.99. The summed E-state index contributed by atoms with van der Waals surface area (Å²) < 4.78 is 1.02. The molecule has 0 atom stereocenters. The molecule has 2 aromatic heterocycles. The van der Waals surface area contributed by atoms with Crippen LogP contribution in [-0.4, -0.2) is 9.97 Å². The molecule has 0 saturated heterocycles. The van der Waals surface area contributed by atoms with Crippen molar-refractivity contribution in [2.24, 2.45) is 0 Å². The smallest absolute Gasteiger partial charge is 0.0851 e. The average molecular weight is 299 g/mol. The Morgan fingerprint density at radius 3 is 2.78 bits per heavy atom. The molecule has 0 aliphatic rings. The number of halogens is 1. The van der Waals surface area contributed by atoms with Crippen LogP contribution in [0.3, 0.4) is 0 Å². The van der Waals surface area contributed by atoms with Crippen molar-refractivity contribution in [2.75, 3.05) is 0 Å². The van der Waals surface area contributed by atoms with Crippen LogP contribution in [0.1, 0.15) is 5.56 Å². The number of pyridine rings is 2. The second-order valence-electron chi connectivity index (χ2n) is 4.20. The highest BCUT2D eigenvalue weighted by Crippen LogP contribution is 2.26. The summed E-state index contributed by atoms with van der Waals surface area (Å²) in [6, 6.07) is 12.2. The molecule has 0 spiro atoms. The fourth-order valence-corrected chi connectivity index (χ4v) is 2.46. The maximum absolute atomic E-state index is 4.72. The van der Waals surface area contributed by atoms with E-state index in [2.05, 4.69) is 40.0 Å². The summed E-state index contributed by atoms with van der Waals surface area (Å²) in [5, 5.41) is 1.13. The summed E-state index contributed by atoms with van der Waals surface area (Å²) in [5.41, 5.74) is 4.21. The van der Waals surface area contributed by atoms with Crippen LogP contribution >= 0.6 is 15.9 Å². The second kappa shape index (κ2) is 4.50. The van der Waals surface area contributed by atoms with Gasteiger partial charge < -0.3 is 0 Å². The van der Waals surface area contributed by atoms with Crippen LogP contribution in [0, 0.1) is 6.92 Å². The van der Waals surface area contributed by atoms with Gasteiger partial charge in [0.05, 0.1) is 11.2 Å². The average Bonchev–Trinajstić information content (AvgIpc) is 2.40. The zero-order valence-corrected chi connectivity index (χ0v) is 11.5. The molecule has 0 saturated carbocycles. The predicted octanol–water partition coefficient (Wildman–Crippen LogP) is 4.37. The second-order valence-corrected chi connectivity index (χ2v) is 5.05. The molecule has 3 heteroatoms. The molecule has 2 nitrogen and oxygen atoms in total. The van der Waals surface area contributed by atoms with Crippen LogP contribution in [0.15, 0.2) is 53.3 Å². The van der Waals surface area contributed by atoms with Gasteiger partial charge in [-0.2, -0.15) is 0 Å². The highest BCUT2D eigenvalue weighted by atomic mass is 79.9. The van der Waals surface area contributed by atoms with Crippen LogP contribution < -0.4 is 0 Å². The first kappa shape index (κ1) is 11.4. The first-order valence-electron chi connectivity index (χ1n) is 5.72. The van der Waals surface area contributed by atoms with Crippen molar-refractivity contribution < 1.29 is 0 Å². The Balaban J connectivity index is 2.26. The van der Waals surface area contributed by atoms with Crippen LogP contribution in [0.5, 0.6) is 0 Å². The molecular weight excluding hydrogens is 288 g/mol. The molecule has 0 bridgehead atoms. The monoisotopic (exact) mass is 298 g/mol. The van der Waals surface area contributed by atoms with E-state index in [4.69, 9.17) is 4.98 Å². The SMILES string of the molecule is Cc1ccncc1-c1ccc2cccc(Br)c2n1. The van der Waals surface area contributed by atoms with Crippen LogP contribution in [0.4, 0.5) is 0 Å². The third-order valence-corrected chi connectivity index (χ3v) is 3.63. The van der Waals surface area contributed by atoms with E-state index in [-0.39, 0.29) is 0 Å². The molecule has 3 aromatic rings. The van der Waals surface area contributed by atoms with E-state index in [1.54, 1.807) is 6.20 Å². The molecule has 0 aliphatic heterocycles. The predicted molar refractivity (Wildman–Crippen MR) is 77.4 cm³/mol. The van der Waals surface area contributed by atoms with Gasteiger partial charge in [-0.05, 0) is 46.6 Å². The van der Waals surface area contributed by atoms with Crippen LogP contribution in [0.25, 0.3) is 22.2 Å². The Labute approximate surface area is 114 Å². The molecule has 0 fully saturated rings. The quantitative estimate of drug-likeness (QED) is 0.667. The third kappa shape index (κ3) is 1.91. The van der Waals surface area contributed by atoms with Crippen molar-refractivity contribution in [1.29, 1.82) is 0 Å². The Bertz CT molecular complexity index is 723. The van der Waals surface area contributed by atoms with E-state index >= 15 is 0 Å². The molecule has 1 aromatic carbocycles. The van der Waals surface area contributed by atoms with E-state index in [9.17, 15) is 0 Å². The number of nitrogens with zero attached hydrogens (tertiary/aromatic N) is 2. The van der Waals surface area contributed by atoms with E-state index in [0.717, 1.165) is 26.6 Å². The largest absolute Gasteiger partial charge is 0.264 e. The van der Waals surface area contributed by atoms with E-state index < -0.39 is 0 Å². The minimum atomic E-state index is 0.958. The van der Waals surface area contributed by atoms with Crippen LogP contribution in [-0.2, 0) is 0 Å². The topological polar surface area (TPSA) is 25.8 Å².